The molecule has 2 atom stereocenters. The summed E-state index contributed by atoms with van der Waals surface area (Å²) in [5.74, 6) is -0.353. The molecule has 2 aromatic carbocycles. The van der Waals surface area contributed by atoms with Crippen molar-refractivity contribution in [2.45, 2.75) is 31.2 Å². The van der Waals surface area contributed by atoms with Gasteiger partial charge in [-0.05, 0) is 59.5 Å². The highest BCUT2D eigenvalue weighted by Gasteiger charge is 2.28. The average molecular weight is 365 g/mol. The number of rotatable bonds is 4. The van der Waals surface area contributed by atoms with Crippen molar-refractivity contribution < 1.29 is 9.18 Å². The maximum absolute atomic E-state index is 13.3. The van der Waals surface area contributed by atoms with Gasteiger partial charge in [-0.1, -0.05) is 42.5 Å². The fraction of sp³-hybridized carbons (Fsp3) is 0.227. The Morgan fingerprint density at radius 1 is 1.08 bits per heavy atom. The Labute approximate surface area is 156 Å². The predicted molar refractivity (Wildman–Crippen MR) is 103 cm³/mol. The maximum atomic E-state index is 13.3. The summed E-state index contributed by atoms with van der Waals surface area (Å²) in [5, 5.41) is 5.21. The number of aryl methyl sites for hydroxylation is 1. The van der Waals surface area contributed by atoms with Gasteiger partial charge in [0.05, 0.1) is 12.0 Å². The van der Waals surface area contributed by atoms with Gasteiger partial charge in [0.15, 0.2) is 0 Å². The van der Waals surface area contributed by atoms with E-state index in [1.54, 1.807) is 23.5 Å². The van der Waals surface area contributed by atoms with Crippen LogP contribution in [-0.4, -0.2) is 5.91 Å². The first kappa shape index (κ1) is 17.0. The van der Waals surface area contributed by atoms with Crippen LogP contribution in [0, 0.1) is 5.82 Å². The van der Waals surface area contributed by atoms with Crippen molar-refractivity contribution in [2.75, 3.05) is 0 Å². The van der Waals surface area contributed by atoms with Gasteiger partial charge in [-0.25, -0.2) is 4.39 Å². The molecule has 0 saturated carbocycles. The minimum atomic E-state index is -0.272. The maximum Gasteiger partial charge on any atom is 0.228 e. The second kappa shape index (κ2) is 7.42. The molecule has 0 fully saturated rings. The van der Waals surface area contributed by atoms with Crippen LogP contribution in [0.15, 0.2) is 66.0 Å². The number of benzene rings is 2. The van der Waals surface area contributed by atoms with Crippen molar-refractivity contribution in [2.24, 2.45) is 0 Å². The molecule has 26 heavy (non-hydrogen) atoms. The number of fused-ring (bicyclic) bond motifs is 1. The van der Waals surface area contributed by atoms with E-state index >= 15 is 0 Å². The number of carbonyl (C=O) groups is 1. The van der Waals surface area contributed by atoms with Gasteiger partial charge in [-0.3, -0.25) is 4.79 Å². The van der Waals surface area contributed by atoms with Crippen molar-refractivity contribution in [3.8, 4) is 0 Å². The van der Waals surface area contributed by atoms with Gasteiger partial charge in [0.2, 0.25) is 5.91 Å². The van der Waals surface area contributed by atoms with Crippen LogP contribution in [0.1, 0.15) is 46.4 Å². The van der Waals surface area contributed by atoms with Crippen LogP contribution in [0.25, 0.3) is 0 Å². The summed E-state index contributed by atoms with van der Waals surface area (Å²) in [6.07, 6.45) is 2.92. The second-order valence-corrected chi connectivity index (χ2v) is 7.63. The van der Waals surface area contributed by atoms with Crippen LogP contribution in [-0.2, 0) is 11.2 Å². The monoisotopic (exact) mass is 365 g/mol. The quantitative estimate of drug-likeness (QED) is 0.675. The lowest BCUT2D eigenvalue weighted by atomic mass is 9.82. The summed E-state index contributed by atoms with van der Waals surface area (Å²) < 4.78 is 13.3. The first-order chi connectivity index (χ1) is 12.7. The number of amides is 1. The number of hydrogen-bond acceptors (Lipinski definition) is 2. The second-order valence-electron chi connectivity index (χ2n) is 6.65. The van der Waals surface area contributed by atoms with Crippen LogP contribution >= 0.6 is 11.3 Å². The SMILES string of the molecule is O=C(NC(c1ccc(F)cc1)c1cccs1)C1CCCc2ccccc21. The molecule has 1 aliphatic carbocycles. The molecule has 4 rings (SSSR count). The topological polar surface area (TPSA) is 29.1 Å². The normalized spacial score (nSPS) is 17.3. The number of thiophene rings is 1. The Bertz CT molecular complexity index is 889. The zero-order valence-corrected chi connectivity index (χ0v) is 15.1. The molecule has 0 saturated heterocycles. The lowest BCUT2D eigenvalue weighted by Gasteiger charge is -2.27. The molecule has 1 heterocycles. The summed E-state index contributed by atoms with van der Waals surface area (Å²) in [5.41, 5.74) is 3.31. The molecule has 2 nitrogen and oxygen atoms in total. The highest BCUT2D eigenvalue weighted by atomic mass is 32.1. The average Bonchev–Trinajstić information content (AvgIpc) is 3.21. The smallest absolute Gasteiger partial charge is 0.228 e. The van der Waals surface area contributed by atoms with Crippen molar-refractivity contribution in [1.82, 2.24) is 5.32 Å². The molecule has 2 unspecified atom stereocenters. The molecule has 4 heteroatoms. The third kappa shape index (κ3) is 3.42. The van der Waals surface area contributed by atoms with E-state index < -0.39 is 0 Å². The number of carbonyl (C=O) groups excluding carboxylic acids is 1. The van der Waals surface area contributed by atoms with Crippen LogP contribution in [0.5, 0.6) is 0 Å². The van der Waals surface area contributed by atoms with Crippen molar-refractivity contribution in [3.63, 3.8) is 0 Å². The Hall–Kier alpha value is -2.46. The molecular formula is C22H20FNOS. The Balaban J connectivity index is 1.62. The van der Waals surface area contributed by atoms with E-state index in [0.29, 0.717) is 0 Å². The Kier molecular flexibility index (Phi) is 4.85. The van der Waals surface area contributed by atoms with Crippen molar-refractivity contribution >= 4 is 17.2 Å². The highest BCUT2D eigenvalue weighted by Crippen LogP contribution is 2.33. The molecule has 1 amide bonds. The van der Waals surface area contributed by atoms with E-state index in [-0.39, 0.29) is 23.7 Å². The van der Waals surface area contributed by atoms with E-state index in [0.717, 1.165) is 35.3 Å². The summed E-state index contributed by atoms with van der Waals surface area (Å²) in [6.45, 7) is 0. The third-order valence-electron chi connectivity index (χ3n) is 5.00. The molecule has 3 aromatic rings. The van der Waals surface area contributed by atoms with E-state index in [9.17, 15) is 9.18 Å². The zero-order chi connectivity index (χ0) is 17.9. The lowest BCUT2D eigenvalue weighted by molar-refractivity contribution is -0.123. The molecule has 1 aromatic heterocycles. The van der Waals surface area contributed by atoms with E-state index in [1.807, 2.05) is 29.6 Å². The van der Waals surface area contributed by atoms with Gasteiger partial charge in [0, 0.05) is 4.88 Å². The largest absolute Gasteiger partial charge is 0.344 e. The summed E-state index contributed by atoms with van der Waals surface area (Å²) in [7, 11) is 0. The highest BCUT2D eigenvalue weighted by molar-refractivity contribution is 7.10. The minimum absolute atomic E-state index is 0.0416. The number of hydrogen-bond donors (Lipinski definition) is 1. The summed E-state index contributed by atoms with van der Waals surface area (Å²) >= 11 is 1.60. The first-order valence-corrected chi connectivity index (χ1v) is 9.77. The summed E-state index contributed by atoms with van der Waals surface area (Å²) in [6, 6.07) is 18.3. The molecule has 0 aliphatic heterocycles. The minimum Gasteiger partial charge on any atom is -0.344 e. The molecule has 132 valence electrons. The standard InChI is InChI=1S/C22H20FNOS/c23-17-12-10-16(11-13-17)21(20-9-4-14-26-20)24-22(25)19-8-3-6-15-5-1-2-7-18(15)19/h1-2,4-5,7,9-14,19,21H,3,6,8H2,(H,24,25). The van der Waals surface area contributed by atoms with Crippen LogP contribution in [0.4, 0.5) is 4.39 Å². The zero-order valence-electron chi connectivity index (χ0n) is 14.3. The summed E-state index contributed by atoms with van der Waals surface area (Å²) in [4.78, 5) is 14.2. The predicted octanol–water partition coefficient (Wildman–Crippen LogP) is 5.21. The van der Waals surface area contributed by atoms with Crippen LogP contribution < -0.4 is 5.32 Å². The van der Waals surface area contributed by atoms with E-state index in [4.69, 9.17) is 0 Å². The molecule has 0 spiro atoms. The number of halogens is 1. The molecule has 0 bridgehead atoms. The van der Waals surface area contributed by atoms with Gasteiger partial charge >= 0.3 is 0 Å². The fourth-order valence-corrected chi connectivity index (χ4v) is 4.50. The van der Waals surface area contributed by atoms with Crippen molar-refractivity contribution in [1.29, 1.82) is 0 Å². The van der Waals surface area contributed by atoms with Crippen LogP contribution in [0.3, 0.4) is 0 Å². The van der Waals surface area contributed by atoms with Gasteiger partial charge in [0.1, 0.15) is 5.82 Å². The number of nitrogens with one attached hydrogen (secondary N) is 1. The Morgan fingerprint density at radius 2 is 1.88 bits per heavy atom. The van der Waals surface area contributed by atoms with Gasteiger partial charge < -0.3 is 5.32 Å². The lowest BCUT2D eigenvalue weighted by Crippen LogP contribution is -2.34. The third-order valence-corrected chi connectivity index (χ3v) is 5.94. The van der Waals surface area contributed by atoms with Gasteiger partial charge in [-0.15, -0.1) is 11.3 Å². The molecule has 0 radical (unpaired) electrons. The molecule has 1 N–H and O–H groups in total. The van der Waals surface area contributed by atoms with Crippen LogP contribution in [0.2, 0.25) is 0 Å². The fourth-order valence-electron chi connectivity index (χ4n) is 3.70. The Morgan fingerprint density at radius 3 is 2.65 bits per heavy atom. The van der Waals surface area contributed by atoms with Crippen molar-refractivity contribution in [3.05, 3.63) is 93.4 Å². The van der Waals surface area contributed by atoms with Gasteiger partial charge in [0.25, 0.3) is 0 Å². The van der Waals surface area contributed by atoms with E-state index in [2.05, 4.69) is 17.4 Å². The van der Waals surface area contributed by atoms with Gasteiger partial charge in [-0.2, -0.15) is 0 Å². The van der Waals surface area contributed by atoms with E-state index in [1.165, 1.54) is 17.7 Å². The molecular weight excluding hydrogens is 345 g/mol. The first-order valence-electron chi connectivity index (χ1n) is 8.89. The molecule has 1 aliphatic rings.